The number of nitrogens with zero attached hydrogens (tertiary/aromatic N) is 6. The summed E-state index contributed by atoms with van der Waals surface area (Å²) in [6.45, 7) is 2.04. The maximum absolute atomic E-state index is 5.78. The SMILES string of the molecule is Cc1ccc(N(C)c2nc(N)nc(-n3ccnc3)n2)cc1. The summed E-state index contributed by atoms with van der Waals surface area (Å²) in [6, 6.07) is 8.08. The molecule has 0 aliphatic heterocycles. The van der Waals surface area contributed by atoms with Crippen LogP contribution < -0.4 is 10.6 Å². The highest BCUT2D eigenvalue weighted by atomic mass is 15.3. The molecular formula is C14H15N7. The topological polar surface area (TPSA) is 85.8 Å². The Balaban J connectivity index is 2.00. The number of hydrogen-bond donors (Lipinski definition) is 1. The van der Waals surface area contributed by atoms with Crippen molar-refractivity contribution in [3.63, 3.8) is 0 Å². The zero-order chi connectivity index (χ0) is 14.8. The summed E-state index contributed by atoms with van der Waals surface area (Å²) >= 11 is 0. The highest BCUT2D eigenvalue weighted by Gasteiger charge is 2.11. The monoisotopic (exact) mass is 281 g/mol. The highest BCUT2D eigenvalue weighted by Crippen LogP contribution is 2.21. The smallest absolute Gasteiger partial charge is 0.241 e. The summed E-state index contributed by atoms with van der Waals surface area (Å²) < 4.78 is 1.69. The molecule has 7 heteroatoms. The number of nitrogens with two attached hydrogens (primary N) is 1. The van der Waals surface area contributed by atoms with Gasteiger partial charge in [0.05, 0.1) is 0 Å². The van der Waals surface area contributed by atoms with Gasteiger partial charge >= 0.3 is 0 Å². The molecule has 0 radical (unpaired) electrons. The molecule has 3 rings (SSSR count). The lowest BCUT2D eigenvalue weighted by Gasteiger charge is -2.18. The Morgan fingerprint density at radius 1 is 1.10 bits per heavy atom. The molecule has 7 nitrogen and oxygen atoms in total. The fraction of sp³-hybridized carbons (Fsp3) is 0.143. The summed E-state index contributed by atoms with van der Waals surface area (Å²) in [5.74, 6) is 1.09. The molecule has 0 aliphatic carbocycles. The molecule has 0 atom stereocenters. The molecule has 2 aromatic heterocycles. The van der Waals surface area contributed by atoms with Crippen molar-refractivity contribution in [3.8, 4) is 5.95 Å². The van der Waals surface area contributed by atoms with E-state index < -0.39 is 0 Å². The van der Waals surface area contributed by atoms with E-state index in [0.29, 0.717) is 11.9 Å². The van der Waals surface area contributed by atoms with Crippen LogP contribution in [-0.4, -0.2) is 31.6 Å². The van der Waals surface area contributed by atoms with Crippen molar-refractivity contribution < 1.29 is 0 Å². The first-order valence-electron chi connectivity index (χ1n) is 6.44. The molecule has 0 aliphatic rings. The summed E-state index contributed by atoms with van der Waals surface area (Å²) in [5, 5.41) is 0. The van der Waals surface area contributed by atoms with Crippen molar-refractivity contribution in [2.75, 3.05) is 17.7 Å². The average Bonchev–Trinajstić information content (AvgIpc) is 3.01. The lowest BCUT2D eigenvalue weighted by molar-refractivity contribution is 0.887. The molecule has 2 heterocycles. The van der Waals surface area contributed by atoms with E-state index in [1.165, 1.54) is 5.56 Å². The quantitative estimate of drug-likeness (QED) is 0.786. The molecule has 0 saturated carbocycles. The minimum Gasteiger partial charge on any atom is -0.368 e. The molecule has 0 saturated heterocycles. The van der Waals surface area contributed by atoms with E-state index in [-0.39, 0.29) is 5.95 Å². The molecule has 1 aromatic carbocycles. The molecule has 0 unspecified atom stereocenters. The maximum Gasteiger partial charge on any atom is 0.241 e. The van der Waals surface area contributed by atoms with Gasteiger partial charge in [0.15, 0.2) is 0 Å². The number of aryl methyl sites for hydroxylation is 1. The molecule has 0 amide bonds. The summed E-state index contributed by atoms with van der Waals surface area (Å²) in [6.07, 6.45) is 5.03. The third-order valence-corrected chi connectivity index (χ3v) is 3.09. The first-order valence-corrected chi connectivity index (χ1v) is 6.44. The summed E-state index contributed by atoms with van der Waals surface area (Å²) in [7, 11) is 1.89. The lowest BCUT2D eigenvalue weighted by Crippen LogP contribution is -2.16. The Hall–Kier alpha value is -2.96. The normalized spacial score (nSPS) is 10.6. The largest absolute Gasteiger partial charge is 0.368 e. The van der Waals surface area contributed by atoms with Crippen LogP contribution in [0.3, 0.4) is 0 Å². The van der Waals surface area contributed by atoms with Crippen LogP contribution in [0.15, 0.2) is 43.0 Å². The number of rotatable bonds is 3. The van der Waals surface area contributed by atoms with Crippen LogP contribution in [-0.2, 0) is 0 Å². The van der Waals surface area contributed by atoms with Crippen molar-refractivity contribution in [2.45, 2.75) is 6.92 Å². The lowest BCUT2D eigenvalue weighted by atomic mass is 10.2. The zero-order valence-corrected chi connectivity index (χ0v) is 11.8. The van der Waals surface area contributed by atoms with Gasteiger partial charge in [-0.25, -0.2) is 4.98 Å². The van der Waals surface area contributed by atoms with Crippen LogP contribution in [0.4, 0.5) is 17.6 Å². The molecule has 106 valence electrons. The number of aromatic nitrogens is 5. The Morgan fingerprint density at radius 3 is 2.52 bits per heavy atom. The van der Waals surface area contributed by atoms with Gasteiger partial charge in [-0.1, -0.05) is 17.7 Å². The number of imidazole rings is 1. The van der Waals surface area contributed by atoms with Crippen molar-refractivity contribution in [1.29, 1.82) is 0 Å². The third-order valence-electron chi connectivity index (χ3n) is 3.09. The van der Waals surface area contributed by atoms with Gasteiger partial charge in [0.2, 0.25) is 17.8 Å². The van der Waals surface area contributed by atoms with Crippen molar-refractivity contribution >= 4 is 17.6 Å². The standard InChI is InChI=1S/C14H15N7/c1-10-3-5-11(6-4-10)20(2)13-17-12(15)18-14(19-13)21-8-7-16-9-21/h3-9H,1-2H3,(H2,15,17,18,19). The van der Waals surface area contributed by atoms with Gasteiger partial charge in [-0.15, -0.1) is 0 Å². The van der Waals surface area contributed by atoms with Gasteiger partial charge in [-0.05, 0) is 19.1 Å². The Kier molecular flexibility index (Phi) is 3.23. The van der Waals surface area contributed by atoms with Crippen molar-refractivity contribution in [1.82, 2.24) is 24.5 Å². The fourth-order valence-electron chi connectivity index (χ4n) is 1.90. The van der Waals surface area contributed by atoms with Crippen LogP contribution in [0.2, 0.25) is 0 Å². The Bertz CT molecular complexity index is 735. The van der Waals surface area contributed by atoms with Crippen LogP contribution >= 0.6 is 0 Å². The minimum absolute atomic E-state index is 0.169. The predicted molar refractivity (Wildman–Crippen MR) is 80.6 cm³/mol. The van der Waals surface area contributed by atoms with E-state index in [1.54, 1.807) is 23.3 Å². The molecule has 0 bridgehead atoms. The number of nitrogen functional groups attached to an aromatic ring is 1. The minimum atomic E-state index is 0.169. The summed E-state index contributed by atoms with van der Waals surface area (Å²) in [4.78, 5) is 18.6. The molecule has 2 N–H and O–H groups in total. The van der Waals surface area contributed by atoms with E-state index in [0.717, 1.165) is 5.69 Å². The third kappa shape index (κ3) is 2.66. The maximum atomic E-state index is 5.78. The summed E-state index contributed by atoms with van der Waals surface area (Å²) in [5.41, 5.74) is 7.95. The first kappa shape index (κ1) is 13.0. The van der Waals surface area contributed by atoms with Crippen LogP contribution in [0, 0.1) is 6.92 Å². The van der Waals surface area contributed by atoms with Gasteiger partial charge in [0.1, 0.15) is 6.33 Å². The van der Waals surface area contributed by atoms with Gasteiger partial charge in [0, 0.05) is 25.1 Å². The highest BCUT2D eigenvalue weighted by molar-refractivity contribution is 5.57. The molecular weight excluding hydrogens is 266 g/mol. The molecule has 0 fully saturated rings. The van der Waals surface area contributed by atoms with E-state index in [9.17, 15) is 0 Å². The van der Waals surface area contributed by atoms with E-state index in [4.69, 9.17) is 5.73 Å². The van der Waals surface area contributed by atoms with E-state index >= 15 is 0 Å². The molecule has 3 aromatic rings. The predicted octanol–water partition coefficient (Wildman–Crippen LogP) is 1.72. The number of anilines is 3. The second-order valence-electron chi connectivity index (χ2n) is 4.66. The van der Waals surface area contributed by atoms with Gasteiger partial charge in [-0.2, -0.15) is 15.0 Å². The van der Waals surface area contributed by atoms with Crippen molar-refractivity contribution in [3.05, 3.63) is 48.5 Å². The van der Waals surface area contributed by atoms with E-state index in [1.807, 2.05) is 43.1 Å². The second-order valence-corrected chi connectivity index (χ2v) is 4.66. The Labute approximate surface area is 122 Å². The Morgan fingerprint density at radius 2 is 1.86 bits per heavy atom. The van der Waals surface area contributed by atoms with Gasteiger partial charge in [-0.3, -0.25) is 4.57 Å². The number of hydrogen-bond acceptors (Lipinski definition) is 6. The van der Waals surface area contributed by atoms with Crippen LogP contribution in [0.25, 0.3) is 5.95 Å². The average molecular weight is 281 g/mol. The molecule has 0 spiro atoms. The first-order chi connectivity index (χ1) is 10.1. The van der Waals surface area contributed by atoms with E-state index in [2.05, 4.69) is 19.9 Å². The van der Waals surface area contributed by atoms with Gasteiger partial charge in [0.25, 0.3) is 0 Å². The van der Waals surface area contributed by atoms with Crippen LogP contribution in [0.5, 0.6) is 0 Å². The van der Waals surface area contributed by atoms with Crippen molar-refractivity contribution in [2.24, 2.45) is 0 Å². The zero-order valence-electron chi connectivity index (χ0n) is 11.8. The second kappa shape index (κ2) is 5.20. The fourth-order valence-corrected chi connectivity index (χ4v) is 1.90. The van der Waals surface area contributed by atoms with Gasteiger partial charge < -0.3 is 10.6 Å². The van der Waals surface area contributed by atoms with Crippen LogP contribution in [0.1, 0.15) is 5.56 Å². The molecule has 21 heavy (non-hydrogen) atoms. The number of benzene rings is 1.